The number of hydrogen-bond acceptors (Lipinski definition) is 3. The highest BCUT2D eigenvalue weighted by Gasteiger charge is 2.21. The summed E-state index contributed by atoms with van der Waals surface area (Å²) in [4.78, 5) is 23.3. The van der Waals surface area contributed by atoms with E-state index in [4.69, 9.17) is 16.7 Å². The van der Waals surface area contributed by atoms with Gasteiger partial charge in [0.2, 0.25) is 0 Å². The number of aryl methyl sites for hydroxylation is 1. The number of rotatable bonds is 3. The zero-order valence-corrected chi connectivity index (χ0v) is 11.6. The van der Waals surface area contributed by atoms with E-state index in [-0.39, 0.29) is 11.3 Å². The molecule has 0 unspecified atom stereocenters. The van der Waals surface area contributed by atoms with Gasteiger partial charge in [-0.2, -0.15) is 5.10 Å². The van der Waals surface area contributed by atoms with Crippen LogP contribution in [0, 0.1) is 6.92 Å². The van der Waals surface area contributed by atoms with Crippen molar-refractivity contribution in [1.82, 2.24) is 9.78 Å². The molecule has 104 valence electrons. The Kier molecular flexibility index (Phi) is 3.76. The van der Waals surface area contributed by atoms with Crippen molar-refractivity contribution in [3.8, 4) is 0 Å². The van der Waals surface area contributed by atoms with E-state index >= 15 is 0 Å². The van der Waals surface area contributed by atoms with Gasteiger partial charge in [-0.3, -0.25) is 9.48 Å². The average Bonchev–Trinajstić information content (AvgIpc) is 2.77. The molecule has 2 N–H and O–H groups in total. The van der Waals surface area contributed by atoms with Crippen molar-refractivity contribution < 1.29 is 14.7 Å². The Morgan fingerprint density at radius 2 is 2.10 bits per heavy atom. The van der Waals surface area contributed by atoms with Crippen LogP contribution in [0.1, 0.15) is 26.4 Å². The molecule has 0 radical (unpaired) electrons. The van der Waals surface area contributed by atoms with Gasteiger partial charge in [-0.25, -0.2) is 4.79 Å². The summed E-state index contributed by atoms with van der Waals surface area (Å²) in [6, 6.07) is 5.10. The van der Waals surface area contributed by atoms with Gasteiger partial charge < -0.3 is 10.4 Å². The lowest BCUT2D eigenvalue weighted by molar-refractivity contribution is 0.0680. The van der Waals surface area contributed by atoms with Crippen molar-refractivity contribution in [3.63, 3.8) is 0 Å². The number of aromatic carboxylic acids is 1. The number of halogens is 1. The van der Waals surface area contributed by atoms with Crippen molar-refractivity contribution in [1.29, 1.82) is 0 Å². The quantitative estimate of drug-likeness (QED) is 0.909. The minimum absolute atomic E-state index is 0.000578. The molecule has 0 aliphatic heterocycles. The molecule has 0 fully saturated rings. The lowest BCUT2D eigenvalue weighted by Gasteiger charge is -2.09. The highest BCUT2D eigenvalue weighted by atomic mass is 35.5. The van der Waals surface area contributed by atoms with Crippen LogP contribution in [0.4, 0.5) is 5.69 Å². The van der Waals surface area contributed by atoms with E-state index in [1.54, 1.807) is 25.1 Å². The third-order valence-electron chi connectivity index (χ3n) is 2.90. The SMILES string of the molecule is Cc1c(Cl)cccc1NC(=O)c1cnn(C)c1C(=O)O. The number of nitrogens with one attached hydrogen (secondary N) is 1. The summed E-state index contributed by atoms with van der Waals surface area (Å²) in [7, 11) is 1.46. The highest BCUT2D eigenvalue weighted by molar-refractivity contribution is 6.31. The fourth-order valence-electron chi connectivity index (χ4n) is 1.79. The smallest absolute Gasteiger partial charge is 0.354 e. The lowest BCUT2D eigenvalue weighted by atomic mass is 10.1. The van der Waals surface area contributed by atoms with E-state index in [1.807, 2.05) is 0 Å². The highest BCUT2D eigenvalue weighted by Crippen LogP contribution is 2.23. The van der Waals surface area contributed by atoms with Crippen LogP contribution in [-0.2, 0) is 7.05 Å². The van der Waals surface area contributed by atoms with E-state index in [2.05, 4.69) is 10.4 Å². The second-order valence-electron chi connectivity index (χ2n) is 4.20. The Labute approximate surface area is 120 Å². The van der Waals surface area contributed by atoms with Crippen molar-refractivity contribution in [2.24, 2.45) is 7.05 Å². The molecule has 20 heavy (non-hydrogen) atoms. The third-order valence-corrected chi connectivity index (χ3v) is 3.31. The third kappa shape index (κ3) is 2.50. The fraction of sp³-hybridized carbons (Fsp3) is 0.154. The molecule has 0 aliphatic carbocycles. The van der Waals surface area contributed by atoms with Crippen LogP contribution in [0.2, 0.25) is 5.02 Å². The number of carbonyl (C=O) groups excluding carboxylic acids is 1. The van der Waals surface area contributed by atoms with Crippen LogP contribution in [0.25, 0.3) is 0 Å². The first-order valence-corrected chi connectivity index (χ1v) is 6.11. The average molecular weight is 294 g/mol. The van der Waals surface area contributed by atoms with E-state index < -0.39 is 11.9 Å². The minimum atomic E-state index is -1.21. The molecule has 1 amide bonds. The molecule has 1 aromatic heterocycles. The second kappa shape index (κ2) is 5.34. The van der Waals surface area contributed by atoms with Crippen LogP contribution in [0.15, 0.2) is 24.4 Å². The van der Waals surface area contributed by atoms with Crippen LogP contribution >= 0.6 is 11.6 Å². The van der Waals surface area contributed by atoms with Crippen LogP contribution in [-0.4, -0.2) is 26.8 Å². The number of benzene rings is 1. The topological polar surface area (TPSA) is 84.2 Å². The molecule has 0 saturated heterocycles. The zero-order valence-electron chi connectivity index (χ0n) is 10.8. The van der Waals surface area contributed by atoms with Crippen LogP contribution in [0.5, 0.6) is 0 Å². The van der Waals surface area contributed by atoms with E-state index in [0.29, 0.717) is 16.3 Å². The van der Waals surface area contributed by atoms with Gasteiger partial charge in [0.1, 0.15) is 0 Å². The van der Waals surface area contributed by atoms with E-state index in [0.717, 1.165) is 4.68 Å². The van der Waals surface area contributed by atoms with Gasteiger partial charge in [-0.1, -0.05) is 17.7 Å². The molecular weight excluding hydrogens is 282 g/mol. The Bertz CT molecular complexity index is 694. The largest absolute Gasteiger partial charge is 0.477 e. The number of aromatic nitrogens is 2. The Balaban J connectivity index is 2.34. The molecule has 0 spiro atoms. The summed E-state index contributed by atoms with van der Waals surface area (Å²) in [5.41, 5.74) is 1.08. The van der Waals surface area contributed by atoms with Gasteiger partial charge in [-0.15, -0.1) is 0 Å². The maximum Gasteiger partial charge on any atom is 0.354 e. The number of amides is 1. The Morgan fingerprint density at radius 3 is 2.75 bits per heavy atom. The first-order valence-electron chi connectivity index (χ1n) is 5.73. The molecule has 0 aliphatic rings. The van der Waals surface area contributed by atoms with Gasteiger partial charge >= 0.3 is 5.97 Å². The minimum Gasteiger partial charge on any atom is -0.477 e. The molecule has 2 aromatic rings. The zero-order chi connectivity index (χ0) is 14.9. The molecular formula is C13H12ClN3O3. The summed E-state index contributed by atoms with van der Waals surface area (Å²) < 4.78 is 1.14. The molecule has 1 heterocycles. The molecule has 0 saturated carbocycles. The van der Waals surface area contributed by atoms with Crippen molar-refractivity contribution in [3.05, 3.63) is 46.2 Å². The molecule has 0 atom stereocenters. The molecule has 7 heteroatoms. The molecule has 2 rings (SSSR count). The van der Waals surface area contributed by atoms with Gasteiger partial charge in [0.25, 0.3) is 5.91 Å². The second-order valence-corrected chi connectivity index (χ2v) is 4.61. The number of carboxylic acids is 1. The molecule has 1 aromatic carbocycles. The van der Waals surface area contributed by atoms with Crippen LogP contribution in [0.3, 0.4) is 0 Å². The fourth-order valence-corrected chi connectivity index (χ4v) is 1.96. The number of hydrogen-bond donors (Lipinski definition) is 2. The van der Waals surface area contributed by atoms with Gasteiger partial charge in [0.05, 0.1) is 11.8 Å². The van der Waals surface area contributed by atoms with Crippen LogP contribution < -0.4 is 5.32 Å². The van der Waals surface area contributed by atoms with Crippen molar-refractivity contribution in [2.45, 2.75) is 6.92 Å². The number of anilines is 1. The lowest BCUT2D eigenvalue weighted by Crippen LogP contribution is -2.17. The maximum absolute atomic E-state index is 12.1. The predicted molar refractivity (Wildman–Crippen MR) is 74.3 cm³/mol. The number of nitrogens with zero attached hydrogens (tertiary/aromatic N) is 2. The Hall–Kier alpha value is -2.34. The van der Waals surface area contributed by atoms with Gasteiger partial charge in [0, 0.05) is 17.8 Å². The molecule has 6 nitrogen and oxygen atoms in total. The monoisotopic (exact) mass is 293 g/mol. The summed E-state index contributed by atoms with van der Waals surface area (Å²) >= 11 is 5.97. The maximum atomic E-state index is 12.1. The number of carboxylic acid groups (broad SMARTS) is 1. The Morgan fingerprint density at radius 1 is 1.40 bits per heavy atom. The van der Waals surface area contributed by atoms with E-state index in [9.17, 15) is 9.59 Å². The predicted octanol–water partition coefficient (Wildman–Crippen LogP) is 2.33. The summed E-state index contributed by atoms with van der Waals surface area (Å²) in [6.07, 6.45) is 1.22. The number of carbonyl (C=O) groups is 2. The summed E-state index contributed by atoms with van der Waals surface area (Å²) in [6.45, 7) is 1.76. The van der Waals surface area contributed by atoms with Crippen molar-refractivity contribution >= 4 is 29.2 Å². The normalized spacial score (nSPS) is 10.3. The van der Waals surface area contributed by atoms with Crippen molar-refractivity contribution in [2.75, 3.05) is 5.32 Å². The van der Waals surface area contributed by atoms with Gasteiger partial charge in [0.15, 0.2) is 5.69 Å². The summed E-state index contributed by atoms with van der Waals surface area (Å²) in [5.74, 6) is -1.75. The summed E-state index contributed by atoms with van der Waals surface area (Å²) in [5, 5.41) is 16.0. The standard InChI is InChI=1S/C13H12ClN3O3/c1-7-9(14)4-3-5-10(7)16-12(18)8-6-15-17(2)11(8)13(19)20/h3-6H,1-2H3,(H,16,18)(H,19,20). The first-order chi connectivity index (χ1) is 9.41. The van der Waals surface area contributed by atoms with Gasteiger partial charge in [-0.05, 0) is 24.6 Å². The van der Waals surface area contributed by atoms with E-state index in [1.165, 1.54) is 13.2 Å². The first kappa shape index (κ1) is 14.1. The molecule has 0 bridgehead atoms.